The van der Waals surface area contributed by atoms with E-state index in [9.17, 15) is 8.78 Å². The molecule has 1 aliphatic rings. The summed E-state index contributed by atoms with van der Waals surface area (Å²) in [7, 11) is -0.402. The molecule has 1 fully saturated rings. The van der Waals surface area contributed by atoms with Crippen molar-refractivity contribution in [3.63, 3.8) is 0 Å². The van der Waals surface area contributed by atoms with E-state index in [1.54, 1.807) is 6.92 Å². The molecule has 0 saturated carbocycles. The summed E-state index contributed by atoms with van der Waals surface area (Å²) in [5, 5.41) is 0. The molecule has 0 amide bonds. The lowest BCUT2D eigenvalue weighted by Gasteiger charge is -2.34. The van der Waals surface area contributed by atoms with Crippen LogP contribution in [0.1, 0.15) is 53.9 Å². The Morgan fingerprint density at radius 2 is 1.72 bits per heavy atom. The number of rotatable bonds is 7. The standard InChI is InChI=1S/C15H29F2P/c1-7-11(15(4,5)8-2)9-12(17)14-13(10(3)16)18(14)6/h10-14H,7-9H2,1-6H3. The van der Waals surface area contributed by atoms with Crippen LogP contribution in [0.15, 0.2) is 0 Å². The molecular formula is C15H29F2P. The number of hydrogen-bond acceptors (Lipinski definition) is 0. The maximum atomic E-state index is 14.4. The van der Waals surface area contributed by atoms with Crippen molar-refractivity contribution in [3.8, 4) is 0 Å². The van der Waals surface area contributed by atoms with Crippen LogP contribution >= 0.6 is 7.92 Å². The van der Waals surface area contributed by atoms with Crippen LogP contribution in [-0.2, 0) is 0 Å². The van der Waals surface area contributed by atoms with Crippen molar-refractivity contribution in [2.24, 2.45) is 11.3 Å². The second-order valence-corrected chi connectivity index (χ2v) is 9.05. The Labute approximate surface area is 113 Å². The van der Waals surface area contributed by atoms with E-state index in [0.29, 0.717) is 12.3 Å². The van der Waals surface area contributed by atoms with E-state index in [1.807, 2.05) is 0 Å². The lowest BCUT2D eigenvalue weighted by atomic mass is 9.72. The third kappa shape index (κ3) is 3.44. The molecular weight excluding hydrogens is 249 g/mol. The van der Waals surface area contributed by atoms with Gasteiger partial charge in [-0.15, -0.1) is 0 Å². The van der Waals surface area contributed by atoms with Gasteiger partial charge in [0.25, 0.3) is 0 Å². The lowest BCUT2D eigenvalue weighted by Crippen LogP contribution is -2.28. The fraction of sp³-hybridized carbons (Fsp3) is 1.00. The molecule has 0 bridgehead atoms. The molecule has 1 aliphatic heterocycles. The van der Waals surface area contributed by atoms with Crippen LogP contribution in [0.2, 0.25) is 0 Å². The minimum Gasteiger partial charge on any atom is -0.247 e. The van der Waals surface area contributed by atoms with Gasteiger partial charge >= 0.3 is 0 Å². The molecule has 108 valence electrons. The van der Waals surface area contributed by atoms with E-state index in [2.05, 4.69) is 34.4 Å². The molecule has 6 atom stereocenters. The monoisotopic (exact) mass is 278 g/mol. The molecule has 0 aromatic heterocycles. The van der Waals surface area contributed by atoms with Gasteiger partial charge in [-0.3, -0.25) is 0 Å². The summed E-state index contributed by atoms with van der Waals surface area (Å²) in [5.74, 6) is 0.414. The predicted molar refractivity (Wildman–Crippen MR) is 78.4 cm³/mol. The van der Waals surface area contributed by atoms with Crippen LogP contribution in [0.3, 0.4) is 0 Å². The first-order valence-corrected chi connectivity index (χ1v) is 9.19. The van der Waals surface area contributed by atoms with Gasteiger partial charge in [0.05, 0.1) is 0 Å². The summed E-state index contributed by atoms with van der Waals surface area (Å²) in [6.45, 7) is 12.4. The third-order valence-corrected chi connectivity index (χ3v) is 7.97. The smallest absolute Gasteiger partial charge is 0.108 e. The van der Waals surface area contributed by atoms with Crippen LogP contribution in [0, 0.1) is 11.3 Å². The first kappa shape index (κ1) is 16.3. The first-order valence-electron chi connectivity index (χ1n) is 7.26. The average molecular weight is 278 g/mol. The molecule has 18 heavy (non-hydrogen) atoms. The Morgan fingerprint density at radius 1 is 1.17 bits per heavy atom. The van der Waals surface area contributed by atoms with E-state index >= 15 is 0 Å². The average Bonchev–Trinajstić information content (AvgIpc) is 2.97. The third-order valence-electron chi connectivity index (χ3n) is 5.06. The molecule has 0 nitrogen and oxygen atoms in total. The van der Waals surface area contributed by atoms with Crippen LogP contribution in [-0.4, -0.2) is 30.3 Å². The maximum absolute atomic E-state index is 14.4. The van der Waals surface area contributed by atoms with Gasteiger partial charge in [0, 0.05) is 11.3 Å². The minimum atomic E-state index is -0.830. The SMILES string of the molecule is CCC(CC(F)C1C(C(C)F)P1C)C(C)(C)CC. The molecule has 0 spiro atoms. The zero-order valence-electron chi connectivity index (χ0n) is 12.7. The Balaban J connectivity index is 2.57. The molecule has 1 heterocycles. The highest BCUT2D eigenvalue weighted by Gasteiger charge is 2.54. The molecule has 6 unspecified atom stereocenters. The van der Waals surface area contributed by atoms with E-state index in [-0.39, 0.29) is 16.7 Å². The molecule has 0 N–H and O–H groups in total. The highest BCUT2D eigenvalue weighted by atomic mass is 31.1. The molecule has 0 aromatic rings. The predicted octanol–water partition coefficient (Wildman–Crippen LogP) is 5.40. The highest BCUT2D eigenvalue weighted by molar-refractivity contribution is 7.66. The van der Waals surface area contributed by atoms with E-state index in [4.69, 9.17) is 0 Å². The van der Waals surface area contributed by atoms with Gasteiger partial charge in [-0.1, -0.05) is 48.5 Å². The van der Waals surface area contributed by atoms with E-state index in [0.717, 1.165) is 12.8 Å². The summed E-state index contributed by atoms with van der Waals surface area (Å²) in [6.07, 6.45) is 1.10. The van der Waals surface area contributed by atoms with E-state index in [1.165, 1.54) is 0 Å². The normalized spacial score (nSPS) is 33.0. The summed E-state index contributed by atoms with van der Waals surface area (Å²) < 4.78 is 27.7. The summed E-state index contributed by atoms with van der Waals surface area (Å²) in [4.78, 5) is 0. The van der Waals surface area contributed by atoms with Gasteiger partial charge in [-0.25, -0.2) is 8.78 Å². The van der Waals surface area contributed by atoms with Gasteiger partial charge in [-0.05, 0) is 31.3 Å². The molecule has 0 radical (unpaired) electrons. The second kappa shape index (κ2) is 6.16. The summed E-state index contributed by atoms with van der Waals surface area (Å²) in [6, 6.07) is 0. The van der Waals surface area contributed by atoms with Crippen molar-refractivity contribution in [1.29, 1.82) is 0 Å². The van der Waals surface area contributed by atoms with Crippen molar-refractivity contribution in [3.05, 3.63) is 0 Å². The van der Waals surface area contributed by atoms with Gasteiger partial charge in [-0.2, -0.15) is 0 Å². The molecule has 3 heteroatoms. The van der Waals surface area contributed by atoms with Crippen molar-refractivity contribution >= 4 is 7.92 Å². The van der Waals surface area contributed by atoms with E-state index < -0.39 is 20.3 Å². The van der Waals surface area contributed by atoms with Gasteiger partial charge in [0.2, 0.25) is 0 Å². The Morgan fingerprint density at radius 3 is 2.06 bits per heavy atom. The number of hydrogen-bond donors (Lipinski definition) is 0. The fourth-order valence-corrected chi connectivity index (χ4v) is 6.07. The Hall–Kier alpha value is 0.290. The molecule has 1 rings (SSSR count). The van der Waals surface area contributed by atoms with Crippen molar-refractivity contribution < 1.29 is 8.78 Å². The number of alkyl halides is 2. The fourth-order valence-electron chi connectivity index (χ4n) is 3.19. The zero-order valence-corrected chi connectivity index (χ0v) is 13.6. The van der Waals surface area contributed by atoms with Crippen molar-refractivity contribution in [2.75, 3.05) is 6.66 Å². The van der Waals surface area contributed by atoms with Crippen LogP contribution in [0.5, 0.6) is 0 Å². The van der Waals surface area contributed by atoms with Gasteiger partial charge in [0.15, 0.2) is 0 Å². The van der Waals surface area contributed by atoms with Crippen LogP contribution < -0.4 is 0 Å². The quantitative estimate of drug-likeness (QED) is 0.547. The molecule has 0 aromatic carbocycles. The van der Waals surface area contributed by atoms with Gasteiger partial charge < -0.3 is 0 Å². The van der Waals surface area contributed by atoms with Crippen molar-refractivity contribution in [2.45, 2.75) is 77.5 Å². The van der Waals surface area contributed by atoms with Crippen LogP contribution in [0.25, 0.3) is 0 Å². The zero-order chi connectivity index (χ0) is 14.1. The Kier molecular flexibility index (Phi) is 5.59. The van der Waals surface area contributed by atoms with Crippen LogP contribution in [0.4, 0.5) is 8.78 Å². The Bertz CT molecular complexity index is 265. The molecule has 1 saturated heterocycles. The molecule has 0 aliphatic carbocycles. The second-order valence-electron chi connectivity index (χ2n) is 6.52. The maximum Gasteiger partial charge on any atom is 0.108 e. The van der Waals surface area contributed by atoms with Crippen molar-refractivity contribution in [1.82, 2.24) is 0 Å². The van der Waals surface area contributed by atoms with Gasteiger partial charge in [0.1, 0.15) is 12.3 Å². The largest absolute Gasteiger partial charge is 0.247 e. The highest BCUT2D eigenvalue weighted by Crippen LogP contribution is 2.68. The lowest BCUT2D eigenvalue weighted by molar-refractivity contribution is 0.140. The summed E-state index contributed by atoms with van der Waals surface area (Å²) in [5.41, 5.74) is 0.250. The topological polar surface area (TPSA) is 0 Å². The number of halogens is 2. The first-order chi connectivity index (χ1) is 8.26. The summed E-state index contributed by atoms with van der Waals surface area (Å²) >= 11 is 0. The minimum absolute atomic E-state index is 0.0252.